The Balaban J connectivity index is 2.05. The second kappa shape index (κ2) is 9.50. The van der Waals surface area contributed by atoms with Crippen LogP contribution in [0.1, 0.15) is 44.3 Å². The van der Waals surface area contributed by atoms with Gasteiger partial charge in [-0.2, -0.15) is 0 Å². The summed E-state index contributed by atoms with van der Waals surface area (Å²) in [5, 5.41) is 10.5. The molecular weight excluding hydrogens is 396 g/mol. The summed E-state index contributed by atoms with van der Waals surface area (Å²) in [7, 11) is 1.61. The van der Waals surface area contributed by atoms with Crippen molar-refractivity contribution in [3.8, 4) is 22.3 Å². The van der Waals surface area contributed by atoms with Crippen LogP contribution < -0.4 is 5.32 Å². The van der Waals surface area contributed by atoms with Gasteiger partial charge in [-0.15, -0.1) is 11.3 Å². The summed E-state index contributed by atoms with van der Waals surface area (Å²) >= 11 is 1.39. The normalized spacial score (nSPS) is 10.5. The summed E-state index contributed by atoms with van der Waals surface area (Å²) < 4.78 is 5.25. The number of ether oxygens (including phenoxy) is 1. The van der Waals surface area contributed by atoms with Gasteiger partial charge in [0, 0.05) is 34.8 Å². The van der Waals surface area contributed by atoms with E-state index in [4.69, 9.17) is 10.1 Å². The molecule has 3 aromatic rings. The maximum atomic E-state index is 12.5. The van der Waals surface area contributed by atoms with Crippen molar-refractivity contribution in [2.75, 3.05) is 13.7 Å². The third kappa shape index (κ3) is 4.19. The number of hydrogen-bond acceptors (Lipinski definition) is 5. The van der Waals surface area contributed by atoms with Gasteiger partial charge < -0.3 is 15.5 Å². The highest BCUT2D eigenvalue weighted by Crippen LogP contribution is 2.37. The fraction of sp³-hybridized carbons (Fsp3) is 0.208. The molecular formula is C24H24N2O3S. The van der Waals surface area contributed by atoms with Crippen molar-refractivity contribution in [1.82, 2.24) is 5.32 Å². The van der Waals surface area contributed by atoms with Crippen LogP contribution >= 0.6 is 11.3 Å². The predicted molar refractivity (Wildman–Crippen MR) is 122 cm³/mol. The van der Waals surface area contributed by atoms with Crippen molar-refractivity contribution >= 4 is 29.4 Å². The highest BCUT2D eigenvalue weighted by atomic mass is 32.1. The molecule has 30 heavy (non-hydrogen) atoms. The monoisotopic (exact) mass is 420 g/mol. The van der Waals surface area contributed by atoms with Gasteiger partial charge in [0.1, 0.15) is 4.88 Å². The Morgan fingerprint density at radius 3 is 2.37 bits per heavy atom. The van der Waals surface area contributed by atoms with E-state index < -0.39 is 0 Å². The molecule has 1 heterocycles. The minimum atomic E-state index is -0.359. The van der Waals surface area contributed by atoms with Crippen LogP contribution in [0.25, 0.3) is 22.3 Å². The zero-order valence-electron chi connectivity index (χ0n) is 17.2. The Bertz CT molecular complexity index is 1080. The van der Waals surface area contributed by atoms with Crippen LogP contribution in [0, 0.1) is 5.41 Å². The topological polar surface area (TPSA) is 79.2 Å². The molecule has 0 bridgehead atoms. The second-order valence-corrected chi connectivity index (χ2v) is 7.70. The SMILES string of the molecule is CCOC(=O)c1sc(CC)c(C=N)c1-c1ccc(-c2cccc(C(=O)NC)c2)cc1. The molecule has 5 nitrogen and oxygen atoms in total. The molecule has 0 spiro atoms. The third-order valence-electron chi connectivity index (χ3n) is 4.81. The van der Waals surface area contributed by atoms with E-state index in [9.17, 15) is 9.59 Å². The van der Waals surface area contributed by atoms with Gasteiger partial charge in [0.15, 0.2) is 0 Å². The van der Waals surface area contributed by atoms with Crippen LogP contribution in [0.5, 0.6) is 0 Å². The Kier molecular flexibility index (Phi) is 6.79. The fourth-order valence-electron chi connectivity index (χ4n) is 3.35. The Labute approximate surface area is 180 Å². The van der Waals surface area contributed by atoms with Crippen molar-refractivity contribution < 1.29 is 14.3 Å². The van der Waals surface area contributed by atoms with Crippen LogP contribution in [0.15, 0.2) is 48.5 Å². The highest BCUT2D eigenvalue weighted by Gasteiger charge is 2.23. The molecule has 3 rings (SSSR count). The molecule has 0 radical (unpaired) electrons. The summed E-state index contributed by atoms with van der Waals surface area (Å²) in [6.07, 6.45) is 2.06. The molecule has 0 unspecified atom stereocenters. The van der Waals surface area contributed by atoms with E-state index in [1.165, 1.54) is 17.6 Å². The maximum Gasteiger partial charge on any atom is 0.348 e. The Hall–Kier alpha value is -3.25. The van der Waals surface area contributed by atoms with E-state index >= 15 is 0 Å². The molecule has 1 amide bonds. The van der Waals surface area contributed by atoms with Gasteiger partial charge in [-0.3, -0.25) is 4.79 Å². The first kappa shape index (κ1) is 21.5. The predicted octanol–water partition coefficient (Wildman–Crippen LogP) is 5.18. The van der Waals surface area contributed by atoms with Gasteiger partial charge in [0.05, 0.1) is 6.61 Å². The van der Waals surface area contributed by atoms with Crippen LogP contribution in [-0.4, -0.2) is 31.7 Å². The number of nitrogens with one attached hydrogen (secondary N) is 2. The first-order chi connectivity index (χ1) is 14.5. The van der Waals surface area contributed by atoms with Gasteiger partial charge >= 0.3 is 5.97 Å². The van der Waals surface area contributed by atoms with Gasteiger partial charge in [-0.05, 0) is 42.2 Å². The lowest BCUT2D eigenvalue weighted by atomic mass is 9.96. The van der Waals surface area contributed by atoms with Gasteiger partial charge in [0.25, 0.3) is 5.91 Å². The zero-order chi connectivity index (χ0) is 21.7. The van der Waals surface area contributed by atoms with Crippen LogP contribution in [0.2, 0.25) is 0 Å². The van der Waals surface area contributed by atoms with Gasteiger partial charge in [-0.1, -0.05) is 43.3 Å². The van der Waals surface area contributed by atoms with E-state index in [0.717, 1.165) is 39.1 Å². The lowest BCUT2D eigenvalue weighted by molar-refractivity contribution is 0.0532. The Morgan fingerprint density at radius 1 is 1.07 bits per heavy atom. The number of benzene rings is 2. The summed E-state index contributed by atoms with van der Waals surface area (Å²) in [6, 6.07) is 15.2. The van der Waals surface area contributed by atoms with Crippen molar-refractivity contribution in [3.05, 3.63) is 69.4 Å². The quantitative estimate of drug-likeness (QED) is 0.408. The molecule has 1 aromatic heterocycles. The van der Waals surface area contributed by atoms with Crippen molar-refractivity contribution in [3.63, 3.8) is 0 Å². The third-order valence-corrected chi connectivity index (χ3v) is 6.14. The van der Waals surface area contributed by atoms with Crippen molar-refractivity contribution in [2.24, 2.45) is 0 Å². The second-order valence-electron chi connectivity index (χ2n) is 6.60. The first-order valence-corrected chi connectivity index (χ1v) is 10.6. The number of carbonyl (C=O) groups is 2. The maximum absolute atomic E-state index is 12.5. The molecule has 0 aliphatic carbocycles. The minimum Gasteiger partial charge on any atom is -0.462 e. The van der Waals surface area contributed by atoms with Crippen molar-refractivity contribution in [1.29, 1.82) is 5.41 Å². The van der Waals surface area contributed by atoms with E-state index in [1.54, 1.807) is 20.0 Å². The number of esters is 1. The van der Waals surface area contributed by atoms with E-state index in [-0.39, 0.29) is 11.9 Å². The van der Waals surface area contributed by atoms with E-state index in [2.05, 4.69) is 5.32 Å². The molecule has 0 aliphatic rings. The zero-order valence-corrected chi connectivity index (χ0v) is 18.1. The average Bonchev–Trinajstić information content (AvgIpc) is 3.17. The lowest BCUT2D eigenvalue weighted by Gasteiger charge is -2.09. The molecule has 6 heteroatoms. The largest absolute Gasteiger partial charge is 0.462 e. The summed E-state index contributed by atoms with van der Waals surface area (Å²) in [4.78, 5) is 26.0. The number of rotatable bonds is 7. The molecule has 2 aromatic carbocycles. The van der Waals surface area contributed by atoms with Gasteiger partial charge in [0.2, 0.25) is 0 Å². The number of aryl methyl sites for hydroxylation is 1. The summed E-state index contributed by atoms with van der Waals surface area (Å²) in [6.45, 7) is 4.10. The number of hydrogen-bond donors (Lipinski definition) is 2. The average molecular weight is 421 g/mol. The minimum absolute atomic E-state index is 0.131. The smallest absolute Gasteiger partial charge is 0.348 e. The number of carbonyl (C=O) groups excluding carboxylic acids is 2. The van der Waals surface area contributed by atoms with Crippen LogP contribution in [0.4, 0.5) is 0 Å². The molecule has 2 N–H and O–H groups in total. The van der Waals surface area contributed by atoms with E-state index in [1.807, 2.05) is 49.4 Å². The summed E-state index contributed by atoms with van der Waals surface area (Å²) in [5.74, 6) is -0.490. The number of amides is 1. The Morgan fingerprint density at radius 2 is 1.77 bits per heavy atom. The molecule has 0 aliphatic heterocycles. The first-order valence-electron chi connectivity index (χ1n) is 9.80. The molecule has 0 saturated carbocycles. The standard InChI is InChI=1S/C24H24N2O3S/c1-4-20-19(14-25)21(22(30-20)24(28)29-5-2)16-11-9-15(10-12-16)17-7-6-8-18(13-17)23(27)26-3/h6-14,25H,4-5H2,1-3H3,(H,26,27). The fourth-order valence-corrected chi connectivity index (χ4v) is 4.48. The molecule has 0 saturated heterocycles. The van der Waals surface area contributed by atoms with Crippen LogP contribution in [0.3, 0.4) is 0 Å². The van der Waals surface area contributed by atoms with E-state index in [0.29, 0.717) is 17.0 Å². The molecule has 154 valence electrons. The number of thiophene rings is 1. The molecule has 0 fully saturated rings. The van der Waals surface area contributed by atoms with Crippen molar-refractivity contribution in [2.45, 2.75) is 20.3 Å². The van der Waals surface area contributed by atoms with Gasteiger partial charge in [-0.25, -0.2) is 4.79 Å². The molecule has 0 atom stereocenters. The summed E-state index contributed by atoms with van der Waals surface area (Å²) in [5.41, 5.74) is 4.86. The lowest BCUT2D eigenvalue weighted by Crippen LogP contribution is -2.17. The highest BCUT2D eigenvalue weighted by molar-refractivity contribution is 7.15. The van der Waals surface area contributed by atoms with Crippen LogP contribution in [-0.2, 0) is 11.2 Å².